The fourth-order valence-corrected chi connectivity index (χ4v) is 2.79. The molecule has 0 heterocycles. The van der Waals surface area contributed by atoms with Crippen LogP contribution in [0.2, 0.25) is 5.02 Å². The van der Waals surface area contributed by atoms with Crippen molar-refractivity contribution in [2.24, 2.45) is 0 Å². The number of carbonyl (C=O) groups is 1. The largest absolute Gasteiger partial charge is 0.478 e. The Morgan fingerprint density at radius 2 is 2.00 bits per heavy atom. The zero-order valence-corrected chi connectivity index (χ0v) is 11.4. The third-order valence-corrected chi connectivity index (χ3v) is 4.25. The van der Waals surface area contributed by atoms with Crippen molar-refractivity contribution < 1.29 is 28.2 Å². The van der Waals surface area contributed by atoms with Gasteiger partial charge in [-0.3, -0.25) is 0 Å². The van der Waals surface area contributed by atoms with Gasteiger partial charge in [-0.25, -0.2) is 13.2 Å². The van der Waals surface area contributed by atoms with Crippen LogP contribution in [0.25, 0.3) is 0 Å². The molecule has 2 N–H and O–H groups in total. The summed E-state index contributed by atoms with van der Waals surface area (Å²) in [6, 6.07) is 3.44. The topological polar surface area (TPSA) is 101 Å². The third kappa shape index (κ3) is 4.46. The van der Waals surface area contributed by atoms with E-state index in [-0.39, 0.29) is 41.1 Å². The van der Waals surface area contributed by atoms with Crippen LogP contribution in [0.1, 0.15) is 10.4 Å². The van der Waals surface area contributed by atoms with E-state index in [9.17, 15) is 13.2 Å². The van der Waals surface area contributed by atoms with E-state index < -0.39 is 15.8 Å². The van der Waals surface area contributed by atoms with Crippen molar-refractivity contribution in [2.75, 3.05) is 25.6 Å². The molecule has 0 amide bonds. The number of halogens is 1. The van der Waals surface area contributed by atoms with Crippen LogP contribution in [-0.2, 0) is 14.6 Å². The minimum Gasteiger partial charge on any atom is -0.478 e. The van der Waals surface area contributed by atoms with E-state index in [0.717, 1.165) is 12.1 Å². The first-order chi connectivity index (χ1) is 8.88. The summed E-state index contributed by atoms with van der Waals surface area (Å²) in [4.78, 5) is 10.7. The van der Waals surface area contributed by atoms with Gasteiger partial charge in [0.1, 0.15) is 0 Å². The van der Waals surface area contributed by atoms with Gasteiger partial charge in [-0.05, 0) is 18.2 Å². The maximum Gasteiger partial charge on any atom is 0.337 e. The number of rotatable bonds is 7. The molecule has 1 aromatic rings. The Bertz CT molecular complexity index is 554. The van der Waals surface area contributed by atoms with Crippen LogP contribution >= 0.6 is 11.6 Å². The van der Waals surface area contributed by atoms with Crippen molar-refractivity contribution in [3.8, 4) is 0 Å². The lowest BCUT2D eigenvalue weighted by Crippen LogP contribution is -2.14. The highest BCUT2D eigenvalue weighted by molar-refractivity contribution is 7.91. The monoisotopic (exact) mass is 308 g/mol. The fourth-order valence-electron chi connectivity index (χ4n) is 1.32. The molecule has 0 aliphatic heterocycles. The van der Waals surface area contributed by atoms with Crippen molar-refractivity contribution in [3.05, 3.63) is 28.8 Å². The molecule has 0 aromatic heterocycles. The Morgan fingerprint density at radius 1 is 1.32 bits per heavy atom. The van der Waals surface area contributed by atoms with Gasteiger partial charge in [-0.2, -0.15) is 0 Å². The highest BCUT2D eigenvalue weighted by atomic mass is 35.5. The summed E-state index contributed by atoms with van der Waals surface area (Å²) in [6.07, 6.45) is 0. The van der Waals surface area contributed by atoms with Gasteiger partial charge in [0.15, 0.2) is 9.84 Å². The second kappa shape index (κ2) is 6.85. The van der Waals surface area contributed by atoms with Gasteiger partial charge in [-0.15, -0.1) is 0 Å². The lowest BCUT2D eigenvalue weighted by atomic mass is 10.2. The van der Waals surface area contributed by atoms with E-state index in [1.165, 1.54) is 6.07 Å². The molecule has 0 aliphatic rings. The number of aliphatic hydroxyl groups excluding tert-OH is 1. The van der Waals surface area contributed by atoms with Gasteiger partial charge in [0.25, 0.3) is 0 Å². The summed E-state index contributed by atoms with van der Waals surface area (Å²) in [7, 11) is -3.59. The van der Waals surface area contributed by atoms with Crippen LogP contribution in [0.4, 0.5) is 0 Å². The van der Waals surface area contributed by atoms with Crippen LogP contribution in [0.15, 0.2) is 23.1 Å². The Morgan fingerprint density at radius 3 is 2.53 bits per heavy atom. The summed E-state index contributed by atoms with van der Waals surface area (Å²) < 4.78 is 28.6. The number of carboxylic acid groups (broad SMARTS) is 1. The Hall–Kier alpha value is -1.15. The van der Waals surface area contributed by atoms with Crippen LogP contribution in [0.3, 0.4) is 0 Å². The van der Waals surface area contributed by atoms with E-state index >= 15 is 0 Å². The van der Waals surface area contributed by atoms with Gasteiger partial charge >= 0.3 is 5.97 Å². The molecule has 1 rings (SSSR count). The first-order valence-corrected chi connectivity index (χ1v) is 7.35. The van der Waals surface area contributed by atoms with Crippen molar-refractivity contribution in [1.82, 2.24) is 0 Å². The number of carboxylic acids is 1. The molecule has 0 aliphatic carbocycles. The third-order valence-electron chi connectivity index (χ3n) is 2.26. The first-order valence-electron chi connectivity index (χ1n) is 5.32. The minimum absolute atomic E-state index is 0.0544. The lowest BCUT2D eigenvalue weighted by Gasteiger charge is -2.06. The predicted octanol–water partition coefficient (Wildman–Crippen LogP) is 0.821. The Balaban J connectivity index is 2.84. The fraction of sp³-hybridized carbons (Fsp3) is 0.364. The van der Waals surface area contributed by atoms with Crippen LogP contribution in [0.5, 0.6) is 0 Å². The molecule has 0 unspecified atom stereocenters. The first kappa shape index (κ1) is 15.9. The van der Waals surface area contributed by atoms with Crippen LogP contribution < -0.4 is 0 Å². The number of aromatic carboxylic acids is 1. The van der Waals surface area contributed by atoms with E-state index in [4.69, 9.17) is 26.6 Å². The number of sulfone groups is 1. The molecule has 0 spiro atoms. The van der Waals surface area contributed by atoms with E-state index in [1.54, 1.807) is 0 Å². The number of aliphatic hydroxyl groups is 1. The van der Waals surface area contributed by atoms with Gasteiger partial charge in [0.2, 0.25) is 0 Å². The average molecular weight is 309 g/mol. The van der Waals surface area contributed by atoms with Crippen molar-refractivity contribution in [2.45, 2.75) is 4.90 Å². The molecule has 1 aromatic carbocycles. The zero-order valence-electron chi connectivity index (χ0n) is 9.87. The van der Waals surface area contributed by atoms with E-state index in [2.05, 4.69) is 0 Å². The van der Waals surface area contributed by atoms with Crippen LogP contribution in [-0.4, -0.2) is 50.2 Å². The predicted molar refractivity (Wildman–Crippen MR) is 68.4 cm³/mol. The molecular weight excluding hydrogens is 296 g/mol. The lowest BCUT2D eigenvalue weighted by molar-refractivity contribution is 0.0697. The average Bonchev–Trinajstić information content (AvgIpc) is 2.34. The Kier molecular flexibility index (Phi) is 5.74. The summed E-state index contributed by atoms with van der Waals surface area (Å²) in [5.41, 5.74) is -0.155. The van der Waals surface area contributed by atoms with Crippen molar-refractivity contribution >= 4 is 27.4 Å². The smallest absolute Gasteiger partial charge is 0.337 e. The number of ether oxygens (including phenoxy) is 1. The molecule has 0 fully saturated rings. The molecule has 106 valence electrons. The summed E-state index contributed by atoms with van der Waals surface area (Å²) >= 11 is 5.70. The maximum atomic E-state index is 11.9. The van der Waals surface area contributed by atoms with Gasteiger partial charge in [0.05, 0.1) is 41.1 Å². The second-order valence-corrected chi connectivity index (χ2v) is 6.12. The molecule has 0 radical (unpaired) electrons. The zero-order chi connectivity index (χ0) is 14.5. The molecular formula is C11H13ClO6S. The summed E-state index contributed by atoms with van der Waals surface area (Å²) in [5.74, 6) is -1.49. The molecule has 8 heteroatoms. The van der Waals surface area contributed by atoms with E-state index in [1.807, 2.05) is 0 Å². The van der Waals surface area contributed by atoms with Crippen LogP contribution in [0, 0.1) is 0 Å². The van der Waals surface area contributed by atoms with Crippen molar-refractivity contribution in [1.29, 1.82) is 0 Å². The van der Waals surface area contributed by atoms with Gasteiger partial charge in [-0.1, -0.05) is 11.6 Å². The molecule has 6 nitrogen and oxygen atoms in total. The normalized spacial score (nSPS) is 11.5. The highest BCUT2D eigenvalue weighted by Gasteiger charge is 2.17. The summed E-state index contributed by atoms with van der Waals surface area (Å²) in [5, 5.41) is 17.1. The van der Waals surface area contributed by atoms with Gasteiger partial charge in [0, 0.05) is 0 Å². The highest BCUT2D eigenvalue weighted by Crippen LogP contribution is 2.21. The molecule has 0 saturated carbocycles. The number of hydrogen-bond acceptors (Lipinski definition) is 5. The standard InChI is InChI=1S/C11H13ClO6S/c12-10-7-8(1-2-9(10)11(14)15)19(16,17)6-5-18-4-3-13/h1-2,7,13H,3-6H2,(H,14,15). The molecule has 0 bridgehead atoms. The second-order valence-electron chi connectivity index (χ2n) is 3.60. The molecule has 0 saturated heterocycles. The van der Waals surface area contributed by atoms with E-state index in [0.29, 0.717) is 0 Å². The Labute approximate surface area is 115 Å². The molecule has 19 heavy (non-hydrogen) atoms. The summed E-state index contributed by atoms with van der Waals surface area (Å²) in [6.45, 7) is -0.172. The number of hydrogen-bond donors (Lipinski definition) is 2. The number of benzene rings is 1. The minimum atomic E-state index is -3.59. The van der Waals surface area contributed by atoms with Crippen molar-refractivity contribution in [3.63, 3.8) is 0 Å². The SMILES string of the molecule is O=C(O)c1ccc(S(=O)(=O)CCOCCO)cc1Cl. The maximum absolute atomic E-state index is 11.9. The van der Waals surface area contributed by atoms with Gasteiger partial charge < -0.3 is 14.9 Å². The quantitative estimate of drug-likeness (QED) is 0.723. The molecule has 0 atom stereocenters.